The number of carbonyl (C=O) groups excluding carboxylic acids is 3. The lowest BCUT2D eigenvalue weighted by atomic mass is 9.84. The summed E-state index contributed by atoms with van der Waals surface area (Å²) in [7, 11) is 2.91. The Morgan fingerprint density at radius 1 is 1.16 bits per heavy atom. The number of aromatic nitrogens is 1. The highest BCUT2D eigenvalue weighted by Crippen LogP contribution is 2.40. The normalized spacial score (nSPS) is 18.0. The Balaban J connectivity index is 1.36. The van der Waals surface area contributed by atoms with Crippen molar-refractivity contribution in [1.82, 2.24) is 9.88 Å². The van der Waals surface area contributed by atoms with Crippen LogP contribution in [0.2, 0.25) is 0 Å². The zero-order chi connectivity index (χ0) is 25.9. The predicted molar refractivity (Wildman–Crippen MR) is 135 cm³/mol. The average Bonchev–Trinajstić information content (AvgIpc) is 3.25. The summed E-state index contributed by atoms with van der Waals surface area (Å²) < 4.78 is 16.3. The molecule has 2 amide bonds. The summed E-state index contributed by atoms with van der Waals surface area (Å²) in [5.41, 5.74) is 2.04. The maximum absolute atomic E-state index is 13.6. The van der Waals surface area contributed by atoms with Crippen LogP contribution in [-0.4, -0.2) is 54.5 Å². The van der Waals surface area contributed by atoms with Gasteiger partial charge in [-0.15, -0.1) is 0 Å². The first-order valence-electron chi connectivity index (χ1n) is 12.7. The standard InChI is InChI=1S/C28H31N3O6/c1-35-22-9-6-10-23-20(22)14-19-16-31(27(33)25(19)37-23)21(13-17-7-4-3-5-8-17)26(32)30-24-12-11-18(15-29-24)28(34)36-2/h6,9-12,15,17,21H,3-5,7-8,13-14,16H2,1-2H3,(H,29,30,32)/t21-/m0/s1. The van der Waals surface area contributed by atoms with Gasteiger partial charge in [0.2, 0.25) is 5.91 Å². The Bertz CT molecular complexity index is 1230. The number of hydrogen-bond donors (Lipinski definition) is 1. The third kappa shape index (κ3) is 5.03. The molecule has 0 spiro atoms. The molecule has 2 aliphatic heterocycles. The van der Waals surface area contributed by atoms with Crippen LogP contribution in [0.1, 0.15) is 54.4 Å². The maximum atomic E-state index is 13.6. The van der Waals surface area contributed by atoms with Gasteiger partial charge in [0.05, 0.1) is 19.8 Å². The quantitative estimate of drug-likeness (QED) is 0.569. The van der Waals surface area contributed by atoms with E-state index in [1.807, 2.05) is 18.2 Å². The molecule has 1 aromatic heterocycles. The lowest BCUT2D eigenvalue weighted by molar-refractivity contribution is -0.135. The van der Waals surface area contributed by atoms with Gasteiger partial charge in [0, 0.05) is 30.3 Å². The van der Waals surface area contributed by atoms with Gasteiger partial charge in [-0.1, -0.05) is 38.2 Å². The molecule has 3 heterocycles. The van der Waals surface area contributed by atoms with Crippen LogP contribution in [0.15, 0.2) is 47.9 Å². The molecule has 1 saturated carbocycles. The second-order valence-electron chi connectivity index (χ2n) is 9.75. The second kappa shape index (κ2) is 10.6. The fraction of sp³-hybridized carbons (Fsp3) is 0.429. The van der Waals surface area contributed by atoms with Gasteiger partial charge in [0.1, 0.15) is 23.4 Å². The van der Waals surface area contributed by atoms with Crippen LogP contribution < -0.4 is 14.8 Å². The number of amides is 2. The zero-order valence-corrected chi connectivity index (χ0v) is 21.1. The number of fused-ring (bicyclic) bond motifs is 1. The van der Waals surface area contributed by atoms with Gasteiger partial charge in [0.15, 0.2) is 5.76 Å². The zero-order valence-electron chi connectivity index (χ0n) is 21.1. The lowest BCUT2D eigenvalue weighted by Crippen LogP contribution is -2.47. The Labute approximate surface area is 215 Å². The minimum Gasteiger partial charge on any atom is -0.496 e. The van der Waals surface area contributed by atoms with E-state index in [4.69, 9.17) is 14.2 Å². The number of esters is 1. The van der Waals surface area contributed by atoms with E-state index in [1.54, 1.807) is 24.1 Å². The smallest absolute Gasteiger partial charge is 0.339 e. The molecule has 2 aromatic rings. The van der Waals surface area contributed by atoms with Crippen molar-refractivity contribution in [1.29, 1.82) is 0 Å². The number of benzene rings is 1. The first-order chi connectivity index (χ1) is 18.0. The van der Waals surface area contributed by atoms with Crippen molar-refractivity contribution in [2.75, 3.05) is 26.1 Å². The van der Waals surface area contributed by atoms with Crippen molar-refractivity contribution in [3.05, 3.63) is 59.0 Å². The van der Waals surface area contributed by atoms with E-state index in [2.05, 4.69) is 10.3 Å². The van der Waals surface area contributed by atoms with Gasteiger partial charge in [-0.2, -0.15) is 0 Å². The number of ether oxygens (including phenoxy) is 3. The maximum Gasteiger partial charge on any atom is 0.339 e. The molecule has 194 valence electrons. The Morgan fingerprint density at radius 2 is 1.97 bits per heavy atom. The summed E-state index contributed by atoms with van der Waals surface area (Å²) in [6, 6.07) is 7.97. The van der Waals surface area contributed by atoms with Crippen LogP contribution in [0.25, 0.3) is 0 Å². The summed E-state index contributed by atoms with van der Waals surface area (Å²) in [4.78, 5) is 44.7. The van der Waals surface area contributed by atoms with Crippen LogP contribution in [-0.2, 0) is 20.7 Å². The van der Waals surface area contributed by atoms with E-state index in [9.17, 15) is 14.4 Å². The summed E-state index contributed by atoms with van der Waals surface area (Å²) in [5, 5.41) is 2.85. The molecule has 9 nitrogen and oxygen atoms in total. The van der Waals surface area contributed by atoms with E-state index in [0.717, 1.165) is 36.8 Å². The van der Waals surface area contributed by atoms with E-state index < -0.39 is 12.0 Å². The molecule has 0 saturated heterocycles. The third-order valence-electron chi connectivity index (χ3n) is 7.45. The Morgan fingerprint density at radius 3 is 2.68 bits per heavy atom. The minimum atomic E-state index is -0.670. The van der Waals surface area contributed by atoms with Crippen molar-refractivity contribution < 1.29 is 28.6 Å². The summed E-state index contributed by atoms with van der Waals surface area (Å²) in [6.45, 7) is 0.325. The second-order valence-corrected chi connectivity index (χ2v) is 9.75. The first kappa shape index (κ1) is 24.8. The molecule has 37 heavy (non-hydrogen) atoms. The van der Waals surface area contributed by atoms with Crippen LogP contribution in [0.3, 0.4) is 0 Å². The highest BCUT2D eigenvalue weighted by Gasteiger charge is 2.42. The summed E-state index contributed by atoms with van der Waals surface area (Å²) in [5.74, 6) is 1.23. The summed E-state index contributed by atoms with van der Waals surface area (Å²) >= 11 is 0. The molecule has 5 rings (SSSR count). The minimum absolute atomic E-state index is 0.270. The lowest BCUT2D eigenvalue weighted by Gasteiger charge is -2.31. The van der Waals surface area contributed by atoms with E-state index >= 15 is 0 Å². The monoisotopic (exact) mass is 505 g/mol. The average molecular weight is 506 g/mol. The number of nitrogens with one attached hydrogen (secondary N) is 1. The molecule has 1 aliphatic carbocycles. The van der Waals surface area contributed by atoms with Crippen LogP contribution >= 0.6 is 0 Å². The molecule has 9 heteroatoms. The number of pyridine rings is 1. The number of hydrogen-bond acceptors (Lipinski definition) is 7. The van der Waals surface area contributed by atoms with Crippen molar-refractivity contribution >= 4 is 23.6 Å². The summed E-state index contributed by atoms with van der Waals surface area (Å²) in [6.07, 6.45) is 8.04. The van der Waals surface area contributed by atoms with Crippen molar-refractivity contribution in [2.45, 2.75) is 51.0 Å². The number of nitrogens with zero attached hydrogens (tertiary/aromatic N) is 2. The largest absolute Gasteiger partial charge is 0.496 e. The van der Waals surface area contributed by atoms with Gasteiger partial charge >= 0.3 is 5.97 Å². The van der Waals surface area contributed by atoms with E-state index in [0.29, 0.717) is 48.4 Å². The molecular formula is C28H31N3O6. The van der Waals surface area contributed by atoms with Gasteiger partial charge in [-0.25, -0.2) is 9.78 Å². The number of anilines is 1. The van der Waals surface area contributed by atoms with Gasteiger partial charge < -0.3 is 24.4 Å². The fourth-order valence-electron chi connectivity index (χ4n) is 5.49. The topological polar surface area (TPSA) is 107 Å². The highest BCUT2D eigenvalue weighted by molar-refractivity contribution is 6.02. The van der Waals surface area contributed by atoms with Crippen LogP contribution in [0.5, 0.6) is 11.5 Å². The Kier molecular flexibility index (Phi) is 7.12. The van der Waals surface area contributed by atoms with Gasteiger partial charge in [-0.3, -0.25) is 9.59 Å². The molecule has 1 aromatic carbocycles. The molecule has 1 atom stereocenters. The van der Waals surface area contributed by atoms with Crippen molar-refractivity contribution in [3.63, 3.8) is 0 Å². The SMILES string of the molecule is COC(=O)c1ccc(NC(=O)[C@H](CC2CCCCC2)N2CC3=C(Oc4cccc(OC)c4C3)C2=O)nc1. The van der Waals surface area contributed by atoms with Gasteiger partial charge in [-0.05, 0) is 36.6 Å². The van der Waals surface area contributed by atoms with Gasteiger partial charge in [0.25, 0.3) is 5.91 Å². The molecule has 0 bridgehead atoms. The van der Waals surface area contributed by atoms with E-state index in [-0.39, 0.29) is 17.4 Å². The molecule has 0 radical (unpaired) electrons. The molecule has 1 N–H and O–H groups in total. The molecule has 3 aliphatic rings. The first-order valence-corrected chi connectivity index (χ1v) is 12.7. The van der Waals surface area contributed by atoms with Crippen molar-refractivity contribution in [2.24, 2.45) is 5.92 Å². The fourth-order valence-corrected chi connectivity index (χ4v) is 5.49. The number of carbonyl (C=O) groups is 3. The predicted octanol–water partition coefficient (Wildman–Crippen LogP) is 3.89. The Hall–Kier alpha value is -3.88. The van der Waals surface area contributed by atoms with E-state index in [1.165, 1.54) is 19.7 Å². The highest BCUT2D eigenvalue weighted by atomic mass is 16.5. The molecular weight excluding hydrogens is 474 g/mol. The van der Waals surface area contributed by atoms with Crippen molar-refractivity contribution in [3.8, 4) is 11.5 Å². The molecule has 0 unspecified atom stereocenters. The molecule has 1 fully saturated rings. The van der Waals surface area contributed by atoms with Crippen LogP contribution in [0, 0.1) is 5.92 Å². The number of methoxy groups -OCH3 is 2. The third-order valence-corrected chi connectivity index (χ3v) is 7.45. The number of rotatable bonds is 7. The van der Waals surface area contributed by atoms with Crippen LogP contribution in [0.4, 0.5) is 5.82 Å².